The Balaban J connectivity index is 3.93. The summed E-state index contributed by atoms with van der Waals surface area (Å²) in [5, 5.41) is 11.4. The number of rotatable bonds is 8. The van der Waals surface area contributed by atoms with Gasteiger partial charge in [0.2, 0.25) is 5.91 Å². The van der Waals surface area contributed by atoms with E-state index >= 15 is 0 Å². The van der Waals surface area contributed by atoms with Gasteiger partial charge in [-0.1, -0.05) is 13.3 Å². The molecule has 0 saturated heterocycles. The van der Waals surface area contributed by atoms with Crippen LogP contribution in [0.2, 0.25) is 0 Å². The Morgan fingerprint density at radius 1 is 1.47 bits per heavy atom. The van der Waals surface area contributed by atoms with Crippen LogP contribution >= 0.6 is 11.8 Å². The maximum Gasteiger partial charge on any atom is 0.326 e. The first-order valence-electron chi connectivity index (χ1n) is 5.13. The molecule has 0 saturated carbocycles. The summed E-state index contributed by atoms with van der Waals surface area (Å²) < 4.78 is 0. The van der Waals surface area contributed by atoms with Crippen molar-refractivity contribution in [2.24, 2.45) is 0 Å². The number of thioether (sulfide) groups is 1. The molecule has 0 rings (SSSR count). The molecule has 4 nitrogen and oxygen atoms in total. The Hall–Kier alpha value is -0.710. The van der Waals surface area contributed by atoms with E-state index < -0.39 is 12.0 Å². The fourth-order valence-electron chi connectivity index (χ4n) is 1.10. The predicted octanol–water partition coefficient (Wildman–Crippen LogP) is 1.50. The molecule has 0 radical (unpaired) electrons. The molecule has 1 amide bonds. The van der Waals surface area contributed by atoms with Crippen molar-refractivity contribution >= 4 is 23.6 Å². The van der Waals surface area contributed by atoms with Gasteiger partial charge in [0.1, 0.15) is 6.04 Å². The zero-order valence-electron chi connectivity index (χ0n) is 9.28. The minimum Gasteiger partial charge on any atom is -0.480 e. The van der Waals surface area contributed by atoms with Gasteiger partial charge in [0.05, 0.1) is 0 Å². The third kappa shape index (κ3) is 7.25. The number of carbonyl (C=O) groups is 2. The van der Waals surface area contributed by atoms with Gasteiger partial charge in [-0.2, -0.15) is 11.8 Å². The minimum atomic E-state index is -0.950. The van der Waals surface area contributed by atoms with Crippen LogP contribution in [0.3, 0.4) is 0 Å². The van der Waals surface area contributed by atoms with Gasteiger partial charge >= 0.3 is 5.97 Å². The monoisotopic (exact) mass is 233 g/mol. The fraction of sp³-hybridized carbons (Fsp3) is 0.800. The molecule has 0 fully saturated rings. The minimum absolute atomic E-state index is 0.162. The molecule has 0 aromatic rings. The van der Waals surface area contributed by atoms with Crippen LogP contribution in [0.5, 0.6) is 0 Å². The van der Waals surface area contributed by atoms with Crippen LogP contribution in [0.4, 0.5) is 0 Å². The van der Waals surface area contributed by atoms with E-state index in [1.807, 2.05) is 13.2 Å². The topological polar surface area (TPSA) is 66.4 Å². The van der Waals surface area contributed by atoms with E-state index in [2.05, 4.69) is 5.32 Å². The first-order valence-corrected chi connectivity index (χ1v) is 6.52. The van der Waals surface area contributed by atoms with Crippen molar-refractivity contribution in [2.75, 3.05) is 12.0 Å². The standard InChI is InChI=1S/C10H19NO3S/c1-3-4-5-9(12)11-8(10(13)14)6-7-15-2/h8H,3-7H2,1-2H3,(H,11,12)(H,13,14)/t8-/m0/s1. The van der Waals surface area contributed by atoms with Gasteiger partial charge in [-0.25, -0.2) is 4.79 Å². The lowest BCUT2D eigenvalue weighted by atomic mass is 10.2. The summed E-state index contributed by atoms with van der Waals surface area (Å²) in [6, 6.07) is -0.734. The zero-order chi connectivity index (χ0) is 11.7. The number of carbonyl (C=O) groups excluding carboxylic acids is 1. The smallest absolute Gasteiger partial charge is 0.326 e. The third-order valence-electron chi connectivity index (χ3n) is 2.00. The summed E-state index contributed by atoms with van der Waals surface area (Å²) in [4.78, 5) is 22.1. The molecule has 0 unspecified atom stereocenters. The van der Waals surface area contributed by atoms with Crippen molar-refractivity contribution < 1.29 is 14.7 Å². The molecular formula is C10H19NO3S. The molecular weight excluding hydrogens is 214 g/mol. The maximum absolute atomic E-state index is 11.3. The number of nitrogens with one attached hydrogen (secondary N) is 1. The van der Waals surface area contributed by atoms with E-state index in [4.69, 9.17) is 5.11 Å². The molecule has 0 aliphatic carbocycles. The van der Waals surface area contributed by atoms with Crippen LogP contribution in [0.15, 0.2) is 0 Å². The third-order valence-corrected chi connectivity index (χ3v) is 2.65. The zero-order valence-corrected chi connectivity index (χ0v) is 10.1. The Bertz CT molecular complexity index is 209. The molecule has 0 bridgehead atoms. The molecule has 0 spiro atoms. The Kier molecular flexibility index (Phi) is 8.18. The first kappa shape index (κ1) is 14.3. The average molecular weight is 233 g/mol. The van der Waals surface area contributed by atoms with Crippen LogP contribution in [0, 0.1) is 0 Å². The molecule has 88 valence electrons. The number of hydrogen-bond donors (Lipinski definition) is 2. The van der Waals surface area contributed by atoms with E-state index in [1.165, 1.54) is 0 Å². The number of unbranched alkanes of at least 4 members (excludes halogenated alkanes) is 1. The molecule has 0 aromatic carbocycles. The molecule has 0 aliphatic heterocycles. The van der Waals surface area contributed by atoms with Crippen LogP contribution in [-0.2, 0) is 9.59 Å². The van der Waals surface area contributed by atoms with Gasteiger partial charge < -0.3 is 10.4 Å². The molecule has 2 N–H and O–H groups in total. The van der Waals surface area contributed by atoms with Crippen LogP contribution < -0.4 is 5.32 Å². The largest absolute Gasteiger partial charge is 0.480 e. The number of aliphatic carboxylic acids is 1. The summed E-state index contributed by atoms with van der Waals surface area (Å²) in [6.07, 6.45) is 4.56. The number of hydrogen-bond acceptors (Lipinski definition) is 3. The van der Waals surface area contributed by atoms with Gasteiger partial charge in [0, 0.05) is 6.42 Å². The van der Waals surface area contributed by atoms with Crippen molar-refractivity contribution in [3.63, 3.8) is 0 Å². The van der Waals surface area contributed by atoms with Crippen LogP contribution in [-0.4, -0.2) is 35.0 Å². The highest BCUT2D eigenvalue weighted by Gasteiger charge is 2.18. The highest BCUT2D eigenvalue weighted by molar-refractivity contribution is 7.98. The number of carboxylic acid groups (broad SMARTS) is 1. The maximum atomic E-state index is 11.3. The van der Waals surface area contributed by atoms with Crippen molar-refractivity contribution in [1.29, 1.82) is 0 Å². The van der Waals surface area contributed by atoms with Gasteiger partial charge in [0.15, 0.2) is 0 Å². The van der Waals surface area contributed by atoms with Crippen molar-refractivity contribution in [1.82, 2.24) is 5.32 Å². The molecule has 15 heavy (non-hydrogen) atoms. The second-order valence-electron chi connectivity index (χ2n) is 3.34. The Morgan fingerprint density at radius 3 is 2.60 bits per heavy atom. The lowest BCUT2D eigenvalue weighted by Gasteiger charge is -2.13. The van der Waals surface area contributed by atoms with Crippen LogP contribution in [0.25, 0.3) is 0 Å². The van der Waals surface area contributed by atoms with E-state index in [0.29, 0.717) is 12.8 Å². The van der Waals surface area contributed by atoms with Crippen molar-refractivity contribution in [3.05, 3.63) is 0 Å². The van der Waals surface area contributed by atoms with E-state index in [-0.39, 0.29) is 5.91 Å². The predicted molar refractivity (Wildman–Crippen MR) is 62.1 cm³/mol. The summed E-state index contributed by atoms with van der Waals surface area (Å²) in [5.74, 6) is -0.371. The highest BCUT2D eigenvalue weighted by atomic mass is 32.2. The molecule has 0 aliphatic rings. The van der Waals surface area contributed by atoms with Crippen molar-refractivity contribution in [2.45, 2.75) is 38.6 Å². The van der Waals surface area contributed by atoms with E-state index in [1.54, 1.807) is 11.8 Å². The second kappa shape index (κ2) is 8.59. The van der Waals surface area contributed by atoms with Crippen molar-refractivity contribution in [3.8, 4) is 0 Å². The Labute approximate surface area is 94.8 Å². The van der Waals surface area contributed by atoms with Crippen LogP contribution in [0.1, 0.15) is 32.6 Å². The first-order chi connectivity index (χ1) is 7.11. The fourth-order valence-corrected chi connectivity index (χ4v) is 1.57. The quantitative estimate of drug-likeness (QED) is 0.666. The summed E-state index contributed by atoms with van der Waals surface area (Å²) in [7, 11) is 0. The van der Waals surface area contributed by atoms with Gasteiger partial charge in [-0.15, -0.1) is 0 Å². The number of carboxylic acids is 1. The number of amides is 1. The van der Waals surface area contributed by atoms with Gasteiger partial charge in [0.25, 0.3) is 0 Å². The Morgan fingerprint density at radius 2 is 2.13 bits per heavy atom. The normalized spacial score (nSPS) is 12.1. The molecule has 5 heteroatoms. The molecule has 0 heterocycles. The summed E-state index contributed by atoms with van der Waals surface area (Å²) >= 11 is 1.58. The molecule has 1 atom stereocenters. The van der Waals surface area contributed by atoms with E-state index in [0.717, 1.165) is 18.6 Å². The second-order valence-corrected chi connectivity index (χ2v) is 4.33. The summed E-state index contributed by atoms with van der Waals surface area (Å²) in [5.41, 5.74) is 0. The molecule has 0 aromatic heterocycles. The lowest BCUT2D eigenvalue weighted by molar-refractivity contribution is -0.141. The summed E-state index contributed by atoms with van der Waals surface area (Å²) in [6.45, 7) is 2.00. The van der Waals surface area contributed by atoms with E-state index in [9.17, 15) is 9.59 Å². The van der Waals surface area contributed by atoms with Gasteiger partial charge in [-0.05, 0) is 24.9 Å². The SMILES string of the molecule is CCCCC(=O)N[C@@H](CCSC)C(=O)O. The van der Waals surface area contributed by atoms with Gasteiger partial charge in [-0.3, -0.25) is 4.79 Å². The highest BCUT2D eigenvalue weighted by Crippen LogP contribution is 2.02. The average Bonchev–Trinajstić information content (AvgIpc) is 2.20. The lowest BCUT2D eigenvalue weighted by Crippen LogP contribution is -2.41.